The number of guanidine groups is 1. The Morgan fingerprint density at radius 2 is 1.64 bits per heavy atom. The van der Waals surface area contributed by atoms with Crippen molar-refractivity contribution in [2.75, 3.05) is 38.4 Å². The number of hydrogen-bond donors (Lipinski definition) is 2. The summed E-state index contributed by atoms with van der Waals surface area (Å²) in [5.74, 6) is 0.970. The van der Waals surface area contributed by atoms with E-state index in [1.165, 1.54) is 6.26 Å². The molecule has 0 rings (SSSR count). The molecule has 2 N–H and O–H groups in total. The number of thioether (sulfide) groups is 1. The average Bonchev–Trinajstić information content (AvgIpc) is 2.36. The van der Waals surface area contributed by atoms with Crippen molar-refractivity contribution in [2.24, 2.45) is 10.4 Å². The Balaban J connectivity index is 0. The lowest BCUT2D eigenvalue weighted by molar-refractivity contribution is 0.348. The predicted octanol–water partition coefficient (Wildman–Crippen LogP) is 2.37. The van der Waals surface area contributed by atoms with Crippen molar-refractivity contribution in [2.45, 2.75) is 38.9 Å². The van der Waals surface area contributed by atoms with E-state index in [1.54, 1.807) is 18.8 Å². The van der Waals surface area contributed by atoms with Crippen LogP contribution < -0.4 is 10.6 Å². The van der Waals surface area contributed by atoms with Crippen molar-refractivity contribution in [1.82, 2.24) is 10.6 Å². The molecule has 0 aliphatic carbocycles. The number of aliphatic imine (C=N–C) groups is 1. The van der Waals surface area contributed by atoms with Crippen molar-refractivity contribution in [3.05, 3.63) is 0 Å². The van der Waals surface area contributed by atoms with Gasteiger partial charge in [0, 0.05) is 31.1 Å². The third kappa shape index (κ3) is 12.8. The molecular formula is C14H32IN3O2S2. The summed E-state index contributed by atoms with van der Waals surface area (Å²) in [6.45, 7) is 9.97. The van der Waals surface area contributed by atoms with E-state index in [9.17, 15) is 8.42 Å². The van der Waals surface area contributed by atoms with Gasteiger partial charge in [0.25, 0.3) is 0 Å². The number of sulfone groups is 1. The summed E-state index contributed by atoms with van der Waals surface area (Å²) in [4.78, 5) is 4.20. The molecule has 0 unspecified atom stereocenters. The molecule has 0 spiro atoms. The van der Waals surface area contributed by atoms with Gasteiger partial charge in [0.2, 0.25) is 0 Å². The van der Waals surface area contributed by atoms with E-state index in [2.05, 4.69) is 49.6 Å². The van der Waals surface area contributed by atoms with E-state index in [1.807, 2.05) is 0 Å². The Kier molecular flexibility index (Phi) is 11.4. The monoisotopic (exact) mass is 465 g/mol. The van der Waals surface area contributed by atoms with Crippen LogP contribution in [0, 0.1) is 5.41 Å². The fourth-order valence-corrected chi connectivity index (χ4v) is 2.60. The molecule has 0 aromatic carbocycles. The average molecular weight is 465 g/mol. The van der Waals surface area contributed by atoms with Gasteiger partial charge in [0.05, 0.1) is 5.75 Å². The number of nitrogens with zero attached hydrogens (tertiary/aromatic N) is 1. The molecule has 5 nitrogen and oxygen atoms in total. The van der Waals surface area contributed by atoms with Crippen LogP contribution in [0.3, 0.4) is 0 Å². The van der Waals surface area contributed by atoms with Crippen LogP contribution in [-0.2, 0) is 9.84 Å². The quantitative estimate of drug-likeness (QED) is 0.327. The summed E-state index contributed by atoms with van der Waals surface area (Å²) in [5, 5.41) is 6.58. The minimum atomic E-state index is -2.91. The molecule has 0 aliphatic heterocycles. The molecule has 0 amide bonds. The second-order valence-electron chi connectivity index (χ2n) is 6.79. The molecular weight excluding hydrogens is 433 g/mol. The van der Waals surface area contributed by atoms with E-state index in [4.69, 9.17) is 0 Å². The third-order valence-corrected chi connectivity index (χ3v) is 5.54. The molecule has 0 radical (unpaired) electrons. The standard InChI is InChI=1S/C14H31N3O2S2.HI/c1-13(2,8-9-21(7,18)19)10-16-12(15-5)17-11-14(3,4)20-6;/h8-11H2,1-7H3,(H2,15,16,17);1H. The first-order valence-electron chi connectivity index (χ1n) is 7.08. The summed E-state index contributed by atoms with van der Waals surface area (Å²) in [5.41, 5.74) is -0.101. The van der Waals surface area contributed by atoms with Gasteiger partial charge in [-0.2, -0.15) is 11.8 Å². The van der Waals surface area contributed by atoms with Gasteiger partial charge in [-0.25, -0.2) is 8.42 Å². The first kappa shape index (κ1) is 24.6. The van der Waals surface area contributed by atoms with Crippen molar-refractivity contribution in [1.29, 1.82) is 0 Å². The number of rotatable bonds is 8. The molecule has 0 aromatic heterocycles. The van der Waals surface area contributed by atoms with Crippen LogP contribution in [0.5, 0.6) is 0 Å². The summed E-state index contributed by atoms with van der Waals surface area (Å²) in [6, 6.07) is 0. The SMILES string of the molecule is CN=C(NCC(C)(C)CCS(C)(=O)=O)NCC(C)(C)SC.I. The largest absolute Gasteiger partial charge is 0.356 e. The van der Waals surface area contributed by atoms with Gasteiger partial charge in [-0.05, 0) is 31.9 Å². The minimum Gasteiger partial charge on any atom is -0.356 e. The molecule has 0 fully saturated rings. The van der Waals surface area contributed by atoms with Gasteiger partial charge in [0.15, 0.2) is 5.96 Å². The zero-order chi connectivity index (χ0) is 16.7. The summed E-state index contributed by atoms with van der Waals surface area (Å²) >= 11 is 1.80. The molecule has 8 heteroatoms. The van der Waals surface area contributed by atoms with Gasteiger partial charge < -0.3 is 10.6 Å². The van der Waals surface area contributed by atoms with Crippen molar-refractivity contribution < 1.29 is 8.42 Å². The van der Waals surface area contributed by atoms with E-state index >= 15 is 0 Å². The number of hydrogen-bond acceptors (Lipinski definition) is 4. The first-order valence-corrected chi connectivity index (χ1v) is 10.4. The Labute approximate surface area is 157 Å². The smallest absolute Gasteiger partial charge is 0.191 e. The molecule has 22 heavy (non-hydrogen) atoms. The van der Waals surface area contributed by atoms with E-state index in [0.29, 0.717) is 13.0 Å². The predicted molar refractivity (Wildman–Crippen MR) is 110 cm³/mol. The van der Waals surface area contributed by atoms with Crippen LogP contribution in [0.2, 0.25) is 0 Å². The van der Waals surface area contributed by atoms with Gasteiger partial charge in [-0.1, -0.05) is 13.8 Å². The highest BCUT2D eigenvalue weighted by Crippen LogP contribution is 2.20. The lowest BCUT2D eigenvalue weighted by atomic mass is 9.90. The maximum atomic E-state index is 11.3. The van der Waals surface area contributed by atoms with Gasteiger partial charge in [-0.3, -0.25) is 4.99 Å². The fourth-order valence-electron chi connectivity index (χ4n) is 1.46. The fraction of sp³-hybridized carbons (Fsp3) is 0.929. The zero-order valence-corrected chi connectivity index (χ0v) is 18.8. The van der Waals surface area contributed by atoms with Gasteiger partial charge in [-0.15, -0.1) is 24.0 Å². The number of halogens is 1. The lowest BCUT2D eigenvalue weighted by Crippen LogP contribution is -2.46. The summed E-state index contributed by atoms with van der Waals surface area (Å²) in [6.07, 6.45) is 4.00. The molecule has 0 heterocycles. The highest BCUT2D eigenvalue weighted by atomic mass is 127. The zero-order valence-electron chi connectivity index (χ0n) is 14.8. The summed E-state index contributed by atoms with van der Waals surface area (Å²) in [7, 11) is -1.17. The Morgan fingerprint density at radius 3 is 2.05 bits per heavy atom. The highest BCUT2D eigenvalue weighted by molar-refractivity contribution is 14.0. The molecule has 0 bridgehead atoms. The number of nitrogens with one attached hydrogen (secondary N) is 2. The molecule has 0 aliphatic rings. The van der Waals surface area contributed by atoms with Crippen molar-refractivity contribution in [3.63, 3.8) is 0 Å². The van der Waals surface area contributed by atoms with Crippen LogP contribution in [-0.4, -0.2) is 57.5 Å². The van der Waals surface area contributed by atoms with Crippen molar-refractivity contribution in [3.8, 4) is 0 Å². The van der Waals surface area contributed by atoms with Crippen LogP contribution >= 0.6 is 35.7 Å². The van der Waals surface area contributed by atoms with Crippen LogP contribution in [0.15, 0.2) is 4.99 Å². The topological polar surface area (TPSA) is 70.6 Å². The van der Waals surface area contributed by atoms with E-state index in [-0.39, 0.29) is 39.9 Å². The molecule has 0 atom stereocenters. The Morgan fingerprint density at radius 1 is 1.14 bits per heavy atom. The second kappa shape index (κ2) is 10.2. The molecule has 0 saturated heterocycles. The highest BCUT2D eigenvalue weighted by Gasteiger charge is 2.21. The van der Waals surface area contributed by atoms with Crippen LogP contribution in [0.1, 0.15) is 34.1 Å². The maximum Gasteiger partial charge on any atom is 0.191 e. The Bertz CT molecular complexity index is 449. The first-order chi connectivity index (χ1) is 9.41. The maximum absolute atomic E-state index is 11.3. The van der Waals surface area contributed by atoms with Crippen molar-refractivity contribution >= 4 is 51.5 Å². The third-order valence-electron chi connectivity index (χ3n) is 3.34. The van der Waals surface area contributed by atoms with Crippen LogP contribution in [0.4, 0.5) is 0 Å². The second-order valence-corrected chi connectivity index (χ2v) is 10.6. The normalized spacial score (nSPS) is 13.5. The van der Waals surface area contributed by atoms with Gasteiger partial charge in [0.1, 0.15) is 9.84 Å². The summed E-state index contributed by atoms with van der Waals surface area (Å²) < 4.78 is 22.7. The van der Waals surface area contributed by atoms with Crippen LogP contribution in [0.25, 0.3) is 0 Å². The van der Waals surface area contributed by atoms with Gasteiger partial charge >= 0.3 is 0 Å². The molecule has 134 valence electrons. The molecule has 0 aromatic rings. The lowest BCUT2D eigenvalue weighted by Gasteiger charge is -2.27. The van der Waals surface area contributed by atoms with E-state index in [0.717, 1.165) is 12.5 Å². The van der Waals surface area contributed by atoms with E-state index < -0.39 is 9.84 Å². The molecule has 0 saturated carbocycles. The minimum absolute atomic E-state index is 0. The Hall–Kier alpha value is 0.300.